The largest absolute Gasteiger partial charge is 0.371 e. The molecule has 2 aliphatic rings. The molecule has 0 amide bonds. The van der Waals surface area contributed by atoms with Crippen LogP contribution in [-0.4, -0.2) is 30.6 Å². The molecule has 0 radical (unpaired) electrons. The molecule has 3 heteroatoms. The molecular weight excluding hydrogens is 252 g/mol. The van der Waals surface area contributed by atoms with Crippen molar-refractivity contribution in [1.29, 1.82) is 0 Å². The fourth-order valence-electron chi connectivity index (χ4n) is 3.10. The zero-order chi connectivity index (χ0) is 12.9. The summed E-state index contributed by atoms with van der Waals surface area (Å²) in [6, 6.07) is 8.90. The summed E-state index contributed by atoms with van der Waals surface area (Å²) in [4.78, 5) is 2.54. The second-order valence-electron chi connectivity index (χ2n) is 5.59. The Morgan fingerprint density at radius 3 is 2.79 bits per heavy atom. The summed E-state index contributed by atoms with van der Waals surface area (Å²) in [5.41, 5.74) is 2.92. The SMILES string of the molecule is c1ccc(N2CCCC2)c(CNCC2CCCS2)c1. The van der Waals surface area contributed by atoms with E-state index in [4.69, 9.17) is 0 Å². The maximum Gasteiger partial charge on any atom is 0.0411 e. The van der Waals surface area contributed by atoms with E-state index in [9.17, 15) is 0 Å². The van der Waals surface area contributed by atoms with Gasteiger partial charge in [-0.3, -0.25) is 0 Å². The van der Waals surface area contributed by atoms with E-state index in [0.29, 0.717) is 0 Å². The standard InChI is InChI=1S/C16H24N2S/c1-2-8-16(18-9-3-4-10-18)14(6-1)12-17-13-15-7-5-11-19-15/h1-2,6,8,15,17H,3-5,7,9-13H2. The van der Waals surface area contributed by atoms with Gasteiger partial charge in [-0.25, -0.2) is 0 Å². The number of benzene rings is 1. The average Bonchev–Trinajstić information content (AvgIpc) is 3.12. The van der Waals surface area contributed by atoms with E-state index in [1.54, 1.807) is 0 Å². The van der Waals surface area contributed by atoms with Gasteiger partial charge < -0.3 is 10.2 Å². The van der Waals surface area contributed by atoms with Crippen LogP contribution in [0.4, 0.5) is 5.69 Å². The molecule has 2 heterocycles. The highest BCUT2D eigenvalue weighted by atomic mass is 32.2. The lowest BCUT2D eigenvalue weighted by atomic mass is 10.1. The number of thioether (sulfide) groups is 1. The van der Waals surface area contributed by atoms with E-state index in [-0.39, 0.29) is 0 Å². The maximum atomic E-state index is 3.66. The van der Waals surface area contributed by atoms with Crippen molar-refractivity contribution in [2.75, 3.05) is 30.3 Å². The zero-order valence-corrected chi connectivity index (χ0v) is 12.4. The van der Waals surface area contributed by atoms with Crippen molar-refractivity contribution >= 4 is 17.4 Å². The van der Waals surface area contributed by atoms with Gasteiger partial charge in [0, 0.05) is 37.1 Å². The molecule has 1 aromatic rings. The van der Waals surface area contributed by atoms with E-state index in [2.05, 4.69) is 46.2 Å². The van der Waals surface area contributed by atoms with Gasteiger partial charge >= 0.3 is 0 Å². The van der Waals surface area contributed by atoms with Crippen LogP contribution in [0.5, 0.6) is 0 Å². The third-order valence-corrected chi connectivity index (χ3v) is 5.55. The average molecular weight is 276 g/mol. The minimum atomic E-state index is 0.846. The van der Waals surface area contributed by atoms with Crippen LogP contribution in [0.3, 0.4) is 0 Å². The van der Waals surface area contributed by atoms with Crippen molar-refractivity contribution in [3.8, 4) is 0 Å². The molecule has 3 rings (SSSR count). The van der Waals surface area contributed by atoms with Gasteiger partial charge in [0.1, 0.15) is 0 Å². The van der Waals surface area contributed by atoms with Crippen LogP contribution in [0.25, 0.3) is 0 Å². The third kappa shape index (κ3) is 3.46. The number of nitrogens with zero attached hydrogens (tertiary/aromatic N) is 1. The predicted octanol–water partition coefficient (Wildman–Crippen LogP) is 3.27. The van der Waals surface area contributed by atoms with Crippen molar-refractivity contribution in [3.63, 3.8) is 0 Å². The highest BCUT2D eigenvalue weighted by molar-refractivity contribution is 8.00. The first-order valence-electron chi connectivity index (χ1n) is 7.58. The third-order valence-electron chi connectivity index (χ3n) is 4.15. The molecule has 104 valence electrons. The second kappa shape index (κ2) is 6.67. The van der Waals surface area contributed by atoms with Crippen LogP contribution in [0, 0.1) is 0 Å². The Morgan fingerprint density at radius 1 is 1.16 bits per heavy atom. The van der Waals surface area contributed by atoms with Crippen molar-refractivity contribution in [3.05, 3.63) is 29.8 Å². The number of rotatable bonds is 5. The summed E-state index contributed by atoms with van der Waals surface area (Å²) in [6.45, 7) is 4.65. The monoisotopic (exact) mass is 276 g/mol. The van der Waals surface area contributed by atoms with Crippen LogP contribution < -0.4 is 10.2 Å². The molecule has 0 aromatic heterocycles. The summed E-state index contributed by atoms with van der Waals surface area (Å²) in [5.74, 6) is 1.36. The van der Waals surface area contributed by atoms with Gasteiger partial charge in [0.25, 0.3) is 0 Å². The minimum absolute atomic E-state index is 0.846. The first-order chi connectivity index (χ1) is 9.43. The Kier molecular flexibility index (Phi) is 4.67. The number of hydrogen-bond acceptors (Lipinski definition) is 3. The van der Waals surface area contributed by atoms with Crippen LogP contribution in [0.2, 0.25) is 0 Å². The highest BCUT2D eigenvalue weighted by Crippen LogP contribution is 2.26. The molecule has 0 spiro atoms. The topological polar surface area (TPSA) is 15.3 Å². The van der Waals surface area contributed by atoms with Gasteiger partial charge in [0.05, 0.1) is 0 Å². The molecule has 1 N–H and O–H groups in total. The smallest absolute Gasteiger partial charge is 0.0411 e. The molecule has 0 bridgehead atoms. The summed E-state index contributed by atoms with van der Waals surface area (Å²) in [5, 5.41) is 4.51. The summed E-state index contributed by atoms with van der Waals surface area (Å²) in [7, 11) is 0. The highest BCUT2D eigenvalue weighted by Gasteiger charge is 2.17. The minimum Gasteiger partial charge on any atom is -0.371 e. The quantitative estimate of drug-likeness (QED) is 0.888. The van der Waals surface area contributed by atoms with Crippen LogP contribution in [-0.2, 0) is 6.54 Å². The van der Waals surface area contributed by atoms with Gasteiger partial charge in [0.15, 0.2) is 0 Å². The predicted molar refractivity (Wildman–Crippen MR) is 85.1 cm³/mol. The van der Waals surface area contributed by atoms with Crippen molar-refractivity contribution in [2.45, 2.75) is 37.5 Å². The van der Waals surface area contributed by atoms with Crippen molar-refractivity contribution in [1.82, 2.24) is 5.32 Å². The molecule has 1 atom stereocenters. The van der Waals surface area contributed by atoms with E-state index >= 15 is 0 Å². The molecule has 0 saturated carbocycles. The summed E-state index contributed by atoms with van der Waals surface area (Å²) >= 11 is 2.13. The Labute approximate surface area is 121 Å². The first-order valence-corrected chi connectivity index (χ1v) is 8.63. The molecular formula is C16H24N2S. The Bertz CT molecular complexity index is 395. The number of anilines is 1. The first kappa shape index (κ1) is 13.3. The van der Waals surface area contributed by atoms with Crippen LogP contribution >= 0.6 is 11.8 Å². The fraction of sp³-hybridized carbons (Fsp3) is 0.625. The molecule has 1 unspecified atom stereocenters. The molecule has 2 nitrogen and oxygen atoms in total. The van der Waals surface area contributed by atoms with Gasteiger partial charge in [-0.1, -0.05) is 18.2 Å². The van der Waals surface area contributed by atoms with Gasteiger partial charge in [-0.15, -0.1) is 0 Å². The van der Waals surface area contributed by atoms with Gasteiger partial charge in [0.2, 0.25) is 0 Å². The van der Waals surface area contributed by atoms with E-state index < -0.39 is 0 Å². The molecule has 2 aliphatic heterocycles. The van der Waals surface area contributed by atoms with Crippen molar-refractivity contribution in [2.24, 2.45) is 0 Å². The maximum absolute atomic E-state index is 3.66. The summed E-state index contributed by atoms with van der Waals surface area (Å²) in [6.07, 6.45) is 5.49. The molecule has 19 heavy (non-hydrogen) atoms. The Hall–Kier alpha value is -0.670. The van der Waals surface area contributed by atoms with E-state index in [1.165, 1.54) is 62.3 Å². The second-order valence-corrected chi connectivity index (χ2v) is 7.00. The Morgan fingerprint density at radius 2 is 2.00 bits per heavy atom. The molecule has 0 aliphatic carbocycles. The normalized spacial score (nSPS) is 23.2. The van der Waals surface area contributed by atoms with Crippen LogP contribution in [0.15, 0.2) is 24.3 Å². The van der Waals surface area contributed by atoms with E-state index in [0.717, 1.165) is 11.8 Å². The lowest BCUT2D eigenvalue weighted by Gasteiger charge is -2.22. The summed E-state index contributed by atoms with van der Waals surface area (Å²) < 4.78 is 0. The molecule has 2 fully saturated rings. The number of para-hydroxylation sites is 1. The fourth-order valence-corrected chi connectivity index (χ4v) is 4.34. The number of hydrogen-bond donors (Lipinski definition) is 1. The van der Waals surface area contributed by atoms with Crippen LogP contribution in [0.1, 0.15) is 31.2 Å². The van der Waals surface area contributed by atoms with Gasteiger partial charge in [-0.05, 0) is 43.1 Å². The Balaban J connectivity index is 1.56. The molecule has 1 aromatic carbocycles. The number of nitrogens with one attached hydrogen (secondary N) is 1. The zero-order valence-electron chi connectivity index (χ0n) is 11.6. The lowest BCUT2D eigenvalue weighted by molar-refractivity contribution is 0.645. The van der Waals surface area contributed by atoms with Gasteiger partial charge in [-0.2, -0.15) is 11.8 Å². The lowest BCUT2D eigenvalue weighted by Crippen LogP contribution is -2.25. The molecule has 2 saturated heterocycles. The van der Waals surface area contributed by atoms with E-state index in [1.807, 2.05) is 0 Å². The van der Waals surface area contributed by atoms with Crippen molar-refractivity contribution < 1.29 is 0 Å².